The van der Waals surface area contributed by atoms with Crippen LogP contribution in [0.15, 0.2) is 30.6 Å². The predicted octanol–water partition coefficient (Wildman–Crippen LogP) is 1.01. The van der Waals surface area contributed by atoms with Gasteiger partial charge < -0.3 is 5.73 Å². The van der Waals surface area contributed by atoms with Gasteiger partial charge in [0.05, 0.1) is 11.0 Å². The molecule has 0 aliphatic carbocycles. The first-order valence-corrected chi connectivity index (χ1v) is 5.12. The van der Waals surface area contributed by atoms with E-state index in [-0.39, 0.29) is 0 Å². The van der Waals surface area contributed by atoms with Gasteiger partial charge in [-0.15, -0.1) is 5.10 Å². The third kappa shape index (κ3) is 1.50. The molecule has 0 bridgehead atoms. The van der Waals surface area contributed by atoms with Gasteiger partial charge in [0.2, 0.25) is 5.95 Å². The molecule has 2 heterocycles. The average molecular weight is 226 g/mol. The number of hydrogen-bond donors (Lipinski definition) is 1. The van der Waals surface area contributed by atoms with Crippen LogP contribution in [0.5, 0.6) is 0 Å². The summed E-state index contributed by atoms with van der Waals surface area (Å²) in [5.74, 6) is 0.942. The monoisotopic (exact) mass is 226 g/mol. The molecule has 0 aliphatic heterocycles. The van der Waals surface area contributed by atoms with E-state index in [1.54, 1.807) is 19.4 Å². The molecule has 0 radical (unpaired) electrons. The standard InChI is InChI=1S/C11H10N6/c1-17-11(12)15-10(16-17)7-3-2-4-8-9(7)14-6-5-13-8/h2-6H,1H3,(H2,12,15,16). The molecule has 6 heteroatoms. The normalized spacial score (nSPS) is 10.9. The maximum absolute atomic E-state index is 5.68. The van der Waals surface area contributed by atoms with Gasteiger partial charge in [0.1, 0.15) is 0 Å². The van der Waals surface area contributed by atoms with Gasteiger partial charge >= 0.3 is 0 Å². The highest BCUT2D eigenvalue weighted by Gasteiger charge is 2.11. The van der Waals surface area contributed by atoms with Crippen molar-refractivity contribution in [2.24, 2.45) is 7.05 Å². The van der Waals surface area contributed by atoms with E-state index in [1.807, 2.05) is 18.2 Å². The molecule has 0 saturated carbocycles. The second-order valence-electron chi connectivity index (χ2n) is 3.65. The number of para-hydroxylation sites is 1. The maximum atomic E-state index is 5.68. The van der Waals surface area contributed by atoms with E-state index < -0.39 is 0 Å². The van der Waals surface area contributed by atoms with Gasteiger partial charge in [-0.25, -0.2) is 4.68 Å². The van der Waals surface area contributed by atoms with E-state index in [4.69, 9.17) is 5.73 Å². The van der Waals surface area contributed by atoms with E-state index in [0.29, 0.717) is 11.8 Å². The van der Waals surface area contributed by atoms with Crippen LogP contribution in [0, 0.1) is 0 Å². The molecule has 6 nitrogen and oxygen atoms in total. The zero-order valence-corrected chi connectivity index (χ0v) is 9.20. The first kappa shape index (κ1) is 9.71. The van der Waals surface area contributed by atoms with Gasteiger partial charge in [0.25, 0.3) is 0 Å². The van der Waals surface area contributed by atoms with E-state index >= 15 is 0 Å². The van der Waals surface area contributed by atoms with Gasteiger partial charge in [-0.2, -0.15) is 4.98 Å². The quantitative estimate of drug-likeness (QED) is 0.669. The lowest BCUT2D eigenvalue weighted by atomic mass is 10.1. The highest BCUT2D eigenvalue weighted by molar-refractivity contribution is 5.89. The van der Waals surface area contributed by atoms with Crippen molar-refractivity contribution in [1.29, 1.82) is 0 Å². The molecule has 0 amide bonds. The van der Waals surface area contributed by atoms with E-state index in [1.165, 1.54) is 4.68 Å². The number of nitrogen functional groups attached to an aromatic ring is 1. The Morgan fingerprint density at radius 2 is 2.00 bits per heavy atom. The number of anilines is 1. The molecule has 1 aromatic carbocycles. The molecule has 0 aliphatic rings. The molecule has 3 aromatic rings. The van der Waals surface area contributed by atoms with E-state index in [0.717, 1.165) is 16.6 Å². The second-order valence-corrected chi connectivity index (χ2v) is 3.65. The van der Waals surface area contributed by atoms with Crippen molar-refractivity contribution in [2.75, 3.05) is 5.73 Å². The number of rotatable bonds is 1. The molecule has 2 aromatic heterocycles. The minimum absolute atomic E-state index is 0.376. The Kier molecular flexibility index (Phi) is 2.01. The van der Waals surface area contributed by atoms with Crippen LogP contribution in [0.4, 0.5) is 5.95 Å². The highest BCUT2D eigenvalue weighted by Crippen LogP contribution is 2.23. The minimum Gasteiger partial charge on any atom is -0.368 e. The summed E-state index contributed by atoms with van der Waals surface area (Å²) in [6.07, 6.45) is 3.31. The molecule has 17 heavy (non-hydrogen) atoms. The van der Waals surface area contributed by atoms with Gasteiger partial charge in [-0.1, -0.05) is 6.07 Å². The molecular formula is C11H10N6. The summed E-state index contributed by atoms with van der Waals surface area (Å²) in [4.78, 5) is 12.7. The SMILES string of the molecule is Cn1nc(-c2cccc3nccnc23)nc1N. The van der Waals surface area contributed by atoms with Crippen molar-refractivity contribution >= 4 is 17.0 Å². The van der Waals surface area contributed by atoms with Gasteiger partial charge in [0, 0.05) is 25.0 Å². The first-order valence-electron chi connectivity index (χ1n) is 5.12. The lowest BCUT2D eigenvalue weighted by Crippen LogP contribution is -1.97. The third-order valence-corrected chi connectivity index (χ3v) is 2.54. The first-order chi connectivity index (χ1) is 8.25. The number of aryl methyl sites for hydroxylation is 1. The molecule has 3 rings (SSSR count). The molecule has 0 saturated heterocycles. The molecule has 0 atom stereocenters. The molecule has 84 valence electrons. The van der Waals surface area contributed by atoms with Crippen LogP contribution in [-0.2, 0) is 7.05 Å². The van der Waals surface area contributed by atoms with Crippen LogP contribution in [0.3, 0.4) is 0 Å². The fourth-order valence-electron chi connectivity index (χ4n) is 1.68. The Morgan fingerprint density at radius 3 is 2.76 bits per heavy atom. The zero-order chi connectivity index (χ0) is 11.8. The van der Waals surface area contributed by atoms with Crippen LogP contribution in [0.2, 0.25) is 0 Å². The van der Waals surface area contributed by atoms with Crippen LogP contribution in [0.1, 0.15) is 0 Å². The van der Waals surface area contributed by atoms with Crippen molar-refractivity contribution in [3.8, 4) is 11.4 Å². The van der Waals surface area contributed by atoms with E-state index in [2.05, 4.69) is 20.1 Å². The second kappa shape index (κ2) is 3.51. The molecule has 0 spiro atoms. The Morgan fingerprint density at radius 1 is 1.18 bits per heavy atom. The predicted molar refractivity (Wildman–Crippen MR) is 63.9 cm³/mol. The average Bonchev–Trinajstić information content (AvgIpc) is 2.69. The van der Waals surface area contributed by atoms with Gasteiger partial charge in [-0.05, 0) is 12.1 Å². The Balaban J connectivity index is 2.30. The van der Waals surface area contributed by atoms with Crippen LogP contribution >= 0.6 is 0 Å². The highest BCUT2D eigenvalue weighted by atomic mass is 15.4. The topological polar surface area (TPSA) is 82.5 Å². The zero-order valence-electron chi connectivity index (χ0n) is 9.20. The lowest BCUT2D eigenvalue weighted by Gasteiger charge is -2.00. The van der Waals surface area contributed by atoms with Crippen molar-refractivity contribution in [2.45, 2.75) is 0 Å². The summed E-state index contributed by atoms with van der Waals surface area (Å²) < 4.78 is 1.53. The molecular weight excluding hydrogens is 216 g/mol. The minimum atomic E-state index is 0.376. The van der Waals surface area contributed by atoms with E-state index in [9.17, 15) is 0 Å². The lowest BCUT2D eigenvalue weighted by molar-refractivity contribution is 0.781. The van der Waals surface area contributed by atoms with Crippen LogP contribution in [0.25, 0.3) is 22.4 Å². The Hall–Kier alpha value is -2.50. The third-order valence-electron chi connectivity index (χ3n) is 2.54. The van der Waals surface area contributed by atoms with Crippen molar-refractivity contribution in [1.82, 2.24) is 24.7 Å². The van der Waals surface area contributed by atoms with Crippen molar-refractivity contribution < 1.29 is 0 Å². The summed E-state index contributed by atoms with van der Waals surface area (Å²) >= 11 is 0. The fraction of sp³-hybridized carbons (Fsp3) is 0.0909. The summed E-state index contributed by atoms with van der Waals surface area (Å²) in [6.45, 7) is 0. The molecule has 0 fully saturated rings. The Labute approximate surface area is 97.1 Å². The smallest absolute Gasteiger partial charge is 0.218 e. The molecule has 0 unspecified atom stereocenters. The summed E-state index contributed by atoms with van der Waals surface area (Å²) in [7, 11) is 1.75. The maximum Gasteiger partial charge on any atom is 0.218 e. The summed E-state index contributed by atoms with van der Waals surface area (Å²) in [5.41, 5.74) is 8.11. The number of fused-ring (bicyclic) bond motifs is 1. The number of hydrogen-bond acceptors (Lipinski definition) is 5. The Bertz CT molecular complexity index is 662. The van der Waals surface area contributed by atoms with Crippen molar-refractivity contribution in [3.05, 3.63) is 30.6 Å². The largest absolute Gasteiger partial charge is 0.368 e. The summed E-state index contributed by atoms with van der Waals surface area (Å²) in [6, 6.07) is 5.71. The summed E-state index contributed by atoms with van der Waals surface area (Å²) in [5, 5.41) is 4.24. The number of aromatic nitrogens is 5. The van der Waals surface area contributed by atoms with Crippen LogP contribution in [-0.4, -0.2) is 24.7 Å². The number of nitrogens with zero attached hydrogens (tertiary/aromatic N) is 5. The fourth-order valence-corrected chi connectivity index (χ4v) is 1.68. The van der Waals surface area contributed by atoms with Crippen LogP contribution < -0.4 is 5.73 Å². The van der Waals surface area contributed by atoms with Gasteiger partial charge in [0.15, 0.2) is 5.82 Å². The molecule has 2 N–H and O–H groups in total. The number of benzene rings is 1. The number of nitrogens with two attached hydrogens (primary N) is 1. The van der Waals surface area contributed by atoms with Gasteiger partial charge in [-0.3, -0.25) is 9.97 Å². The van der Waals surface area contributed by atoms with Crippen molar-refractivity contribution in [3.63, 3.8) is 0 Å².